The van der Waals surface area contributed by atoms with Gasteiger partial charge in [0.1, 0.15) is 11.6 Å². The lowest BCUT2D eigenvalue weighted by molar-refractivity contribution is 0.412. The van der Waals surface area contributed by atoms with E-state index in [1.165, 1.54) is 6.07 Å². The zero-order valence-corrected chi connectivity index (χ0v) is 19.0. The van der Waals surface area contributed by atoms with E-state index in [-0.39, 0.29) is 5.82 Å². The van der Waals surface area contributed by atoms with Gasteiger partial charge in [0.15, 0.2) is 11.5 Å². The van der Waals surface area contributed by atoms with E-state index in [1.807, 2.05) is 54.4 Å². The number of hydrogen-bond acceptors (Lipinski definition) is 4. The van der Waals surface area contributed by atoms with Gasteiger partial charge in [-0.2, -0.15) is 5.10 Å². The molecule has 0 saturated heterocycles. The van der Waals surface area contributed by atoms with Crippen molar-refractivity contribution in [3.63, 3.8) is 0 Å². The minimum Gasteiger partial charge on any atom is -0.495 e. The van der Waals surface area contributed by atoms with Crippen LogP contribution in [0, 0.1) is 26.6 Å². The number of fused-ring (bicyclic) bond motifs is 1. The van der Waals surface area contributed by atoms with Crippen LogP contribution in [-0.4, -0.2) is 31.3 Å². The molecule has 0 saturated carbocycles. The predicted octanol–water partition coefficient (Wildman–Crippen LogP) is 5.25. The molecule has 0 bridgehead atoms. The molecule has 2 aromatic carbocycles. The number of aryl methyl sites for hydroxylation is 3. The number of ether oxygens (including phenoxy) is 1. The molecule has 0 amide bonds. The van der Waals surface area contributed by atoms with E-state index in [2.05, 4.69) is 17.1 Å². The van der Waals surface area contributed by atoms with Crippen LogP contribution in [0.5, 0.6) is 5.75 Å². The Balaban J connectivity index is 1.52. The number of methoxy groups -OCH3 is 1. The van der Waals surface area contributed by atoms with E-state index in [4.69, 9.17) is 14.8 Å². The van der Waals surface area contributed by atoms with Gasteiger partial charge >= 0.3 is 0 Å². The van der Waals surface area contributed by atoms with Crippen molar-refractivity contribution in [1.82, 2.24) is 24.1 Å². The molecular formula is C26H24FN5O. The van der Waals surface area contributed by atoms with E-state index < -0.39 is 0 Å². The van der Waals surface area contributed by atoms with Gasteiger partial charge < -0.3 is 9.30 Å². The normalized spacial score (nSPS) is 11.3. The summed E-state index contributed by atoms with van der Waals surface area (Å²) in [5.41, 5.74) is 7.47. The zero-order chi connectivity index (χ0) is 23.1. The van der Waals surface area contributed by atoms with Crippen molar-refractivity contribution >= 4 is 5.65 Å². The fourth-order valence-corrected chi connectivity index (χ4v) is 4.15. The first-order chi connectivity index (χ1) is 15.9. The summed E-state index contributed by atoms with van der Waals surface area (Å²) in [7, 11) is 1.66. The second-order valence-corrected chi connectivity index (χ2v) is 8.29. The van der Waals surface area contributed by atoms with Gasteiger partial charge in [-0.25, -0.2) is 18.9 Å². The van der Waals surface area contributed by atoms with Crippen molar-refractivity contribution < 1.29 is 9.13 Å². The molecule has 0 fully saturated rings. The quantitative estimate of drug-likeness (QED) is 0.374. The molecular weight excluding hydrogens is 417 g/mol. The van der Waals surface area contributed by atoms with Gasteiger partial charge in [0.2, 0.25) is 0 Å². The molecule has 5 rings (SSSR count). The standard InChI is InChI=1S/C26H24FN5O/c1-16-9-22(21-7-6-20(27)10-17(21)2)26-29-25(30-32(26)13-16)12-19-5-8-23(24(11-19)33-4)31-14-18(3)28-15-31/h5-11,13-15H,12H2,1-4H3. The highest BCUT2D eigenvalue weighted by atomic mass is 19.1. The summed E-state index contributed by atoms with van der Waals surface area (Å²) in [6, 6.07) is 13.0. The Morgan fingerprint density at radius 3 is 2.55 bits per heavy atom. The molecule has 7 heteroatoms. The molecule has 0 aliphatic rings. The summed E-state index contributed by atoms with van der Waals surface area (Å²) in [5.74, 6) is 1.22. The fraction of sp³-hybridized carbons (Fsp3) is 0.192. The highest BCUT2D eigenvalue weighted by molar-refractivity contribution is 5.80. The SMILES string of the molecule is COc1cc(Cc2nc3c(-c4ccc(F)cc4C)cc(C)cn3n2)ccc1-n1cnc(C)c1. The molecule has 3 aromatic heterocycles. The summed E-state index contributed by atoms with van der Waals surface area (Å²) in [4.78, 5) is 9.13. The largest absolute Gasteiger partial charge is 0.495 e. The molecule has 0 unspecified atom stereocenters. The summed E-state index contributed by atoms with van der Waals surface area (Å²) < 4.78 is 23.0. The monoisotopic (exact) mass is 441 g/mol. The van der Waals surface area contributed by atoms with Crippen LogP contribution in [-0.2, 0) is 6.42 Å². The molecule has 0 N–H and O–H groups in total. The van der Waals surface area contributed by atoms with Crippen molar-refractivity contribution in [2.45, 2.75) is 27.2 Å². The minimum atomic E-state index is -0.245. The molecule has 0 radical (unpaired) electrons. The Labute approximate surface area is 191 Å². The Morgan fingerprint density at radius 1 is 0.970 bits per heavy atom. The van der Waals surface area contributed by atoms with E-state index in [1.54, 1.807) is 25.6 Å². The third-order valence-electron chi connectivity index (χ3n) is 5.69. The summed E-state index contributed by atoms with van der Waals surface area (Å²) in [5, 5.41) is 4.72. The number of hydrogen-bond donors (Lipinski definition) is 0. The molecule has 0 spiro atoms. The van der Waals surface area contributed by atoms with Crippen LogP contribution < -0.4 is 4.74 Å². The topological polar surface area (TPSA) is 57.2 Å². The van der Waals surface area contributed by atoms with Crippen molar-refractivity contribution in [3.05, 3.63) is 95.2 Å². The Bertz CT molecular complexity index is 1480. The Kier molecular flexibility index (Phi) is 5.17. The fourth-order valence-electron chi connectivity index (χ4n) is 4.15. The van der Waals surface area contributed by atoms with Gasteiger partial charge in [-0.1, -0.05) is 12.1 Å². The van der Waals surface area contributed by atoms with Crippen molar-refractivity contribution in [2.75, 3.05) is 7.11 Å². The number of aromatic nitrogens is 5. The molecule has 0 atom stereocenters. The Morgan fingerprint density at radius 2 is 1.82 bits per heavy atom. The third-order valence-corrected chi connectivity index (χ3v) is 5.69. The second-order valence-electron chi connectivity index (χ2n) is 8.29. The second kappa shape index (κ2) is 8.16. The number of imidazole rings is 1. The first-order valence-electron chi connectivity index (χ1n) is 10.7. The van der Waals surface area contributed by atoms with Crippen molar-refractivity contribution in [1.29, 1.82) is 0 Å². The van der Waals surface area contributed by atoms with E-state index in [9.17, 15) is 4.39 Å². The highest BCUT2D eigenvalue weighted by Crippen LogP contribution is 2.29. The van der Waals surface area contributed by atoms with Gasteiger partial charge in [0.05, 0.1) is 24.8 Å². The summed E-state index contributed by atoms with van der Waals surface area (Å²) in [6.07, 6.45) is 6.25. The average molecular weight is 442 g/mol. The van der Waals surface area contributed by atoms with E-state index in [0.29, 0.717) is 12.2 Å². The first kappa shape index (κ1) is 20.9. The molecule has 5 aromatic rings. The van der Waals surface area contributed by atoms with Gasteiger partial charge in [-0.3, -0.25) is 0 Å². The Hall–Kier alpha value is -4.00. The summed E-state index contributed by atoms with van der Waals surface area (Å²) in [6.45, 7) is 5.88. The number of rotatable bonds is 5. The van der Waals surface area contributed by atoms with Crippen molar-refractivity contribution in [3.8, 4) is 22.6 Å². The number of halogens is 1. The van der Waals surface area contributed by atoms with Crippen LogP contribution in [0.4, 0.5) is 4.39 Å². The molecule has 166 valence electrons. The van der Waals surface area contributed by atoms with Gasteiger partial charge in [-0.15, -0.1) is 0 Å². The van der Waals surface area contributed by atoms with Gasteiger partial charge in [-0.05, 0) is 73.4 Å². The van der Waals surface area contributed by atoms with Crippen LogP contribution >= 0.6 is 0 Å². The van der Waals surface area contributed by atoms with Crippen molar-refractivity contribution in [2.24, 2.45) is 0 Å². The lowest BCUT2D eigenvalue weighted by Gasteiger charge is -2.10. The van der Waals surface area contributed by atoms with E-state index >= 15 is 0 Å². The minimum absolute atomic E-state index is 0.245. The lowest BCUT2D eigenvalue weighted by Crippen LogP contribution is -1.98. The smallest absolute Gasteiger partial charge is 0.163 e. The zero-order valence-electron chi connectivity index (χ0n) is 19.0. The molecule has 3 heterocycles. The van der Waals surface area contributed by atoms with Crippen LogP contribution in [0.1, 0.15) is 28.2 Å². The molecule has 0 aliphatic carbocycles. The maximum atomic E-state index is 13.7. The predicted molar refractivity (Wildman–Crippen MR) is 126 cm³/mol. The number of benzene rings is 2. The van der Waals surface area contributed by atoms with Crippen LogP contribution in [0.25, 0.3) is 22.5 Å². The number of pyridine rings is 1. The van der Waals surface area contributed by atoms with E-state index in [0.717, 1.165) is 50.6 Å². The third kappa shape index (κ3) is 3.98. The molecule has 6 nitrogen and oxygen atoms in total. The van der Waals surface area contributed by atoms with Gasteiger partial charge in [0, 0.05) is 24.4 Å². The highest BCUT2D eigenvalue weighted by Gasteiger charge is 2.15. The van der Waals surface area contributed by atoms with Gasteiger partial charge in [0.25, 0.3) is 0 Å². The maximum Gasteiger partial charge on any atom is 0.163 e. The average Bonchev–Trinajstić information content (AvgIpc) is 3.39. The van der Waals surface area contributed by atoms with Crippen LogP contribution in [0.15, 0.2) is 61.2 Å². The van der Waals surface area contributed by atoms with Crippen LogP contribution in [0.3, 0.4) is 0 Å². The molecule has 33 heavy (non-hydrogen) atoms. The lowest BCUT2D eigenvalue weighted by atomic mass is 10.0. The number of nitrogens with zero attached hydrogens (tertiary/aromatic N) is 5. The maximum absolute atomic E-state index is 13.7. The van der Waals surface area contributed by atoms with Crippen LogP contribution in [0.2, 0.25) is 0 Å². The summed E-state index contributed by atoms with van der Waals surface area (Å²) >= 11 is 0. The molecule has 0 aliphatic heterocycles. The first-order valence-corrected chi connectivity index (χ1v) is 10.7.